The van der Waals surface area contributed by atoms with Gasteiger partial charge in [-0.25, -0.2) is 20.2 Å². The molecule has 0 bridgehead atoms. The molecule has 132 valence electrons. The number of benzene rings is 2. The van der Waals surface area contributed by atoms with Crippen molar-refractivity contribution in [3.63, 3.8) is 0 Å². The van der Waals surface area contributed by atoms with Gasteiger partial charge in [0, 0.05) is 17.2 Å². The Hall–Kier alpha value is -2.75. The first-order valence-corrected chi connectivity index (χ1v) is 8.98. The van der Waals surface area contributed by atoms with Crippen molar-refractivity contribution in [3.05, 3.63) is 77.4 Å². The molecule has 0 amide bonds. The molecule has 0 saturated carbocycles. The topological polar surface area (TPSA) is 68.5 Å². The number of ether oxygens (including phenoxy) is 1. The number of pyridine rings is 1. The molecule has 2 aromatic carbocycles. The third-order valence-electron chi connectivity index (χ3n) is 4.16. The molecule has 5 nitrogen and oxygen atoms in total. The number of aromatic nitrogens is 1. The van der Waals surface area contributed by atoms with Crippen molar-refractivity contribution in [3.8, 4) is 17.1 Å². The molecule has 0 aliphatic carbocycles. The van der Waals surface area contributed by atoms with Crippen LogP contribution < -0.4 is 15.4 Å². The summed E-state index contributed by atoms with van der Waals surface area (Å²) in [7, 11) is -0.273. The SMILES string of the molecule is Cc1ccc(-c2cccc(OCc3c(C)cccc3N(N)P=O)n2)cc1. The van der Waals surface area contributed by atoms with Gasteiger partial charge in [-0.2, -0.15) is 0 Å². The van der Waals surface area contributed by atoms with E-state index in [0.29, 0.717) is 11.6 Å². The zero-order valence-corrected chi connectivity index (χ0v) is 15.6. The van der Waals surface area contributed by atoms with Gasteiger partial charge in [0.05, 0.1) is 11.4 Å². The summed E-state index contributed by atoms with van der Waals surface area (Å²) < 4.78 is 18.2. The molecule has 0 aliphatic rings. The van der Waals surface area contributed by atoms with Crippen molar-refractivity contribution in [1.82, 2.24) is 4.98 Å². The fraction of sp³-hybridized carbons (Fsp3) is 0.150. The van der Waals surface area contributed by atoms with Crippen LogP contribution in [0.1, 0.15) is 16.7 Å². The van der Waals surface area contributed by atoms with Crippen LogP contribution in [0.3, 0.4) is 0 Å². The summed E-state index contributed by atoms with van der Waals surface area (Å²) in [6, 6.07) is 19.5. The summed E-state index contributed by atoms with van der Waals surface area (Å²) in [5, 5.41) is 0. The van der Waals surface area contributed by atoms with Gasteiger partial charge in [-0.3, -0.25) is 0 Å². The lowest BCUT2D eigenvalue weighted by atomic mass is 10.1. The quantitative estimate of drug-likeness (QED) is 0.385. The van der Waals surface area contributed by atoms with Crippen molar-refractivity contribution in [1.29, 1.82) is 0 Å². The summed E-state index contributed by atoms with van der Waals surface area (Å²) in [5.41, 5.74) is 5.65. The molecule has 0 fully saturated rings. The minimum atomic E-state index is -0.273. The first-order chi connectivity index (χ1) is 12.6. The molecular formula is C20H20N3O2P. The second-order valence-corrected chi connectivity index (χ2v) is 6.61. The molecule has 2 N–H and O–H groups in total. The fourth-order valence-electron chi connectivity index (χ4n) is 2.66. The highest BCUT2D eigenvalue weighted by atomic mass is 31.1. The van der Waals surface area contributed by atoms with Crippen LogP contribution in [0, 0.1) is 13.8 Å². The molecular weight excluding hydrogens is 345 g/mol. The number of hydrogen-bond acceptors (Lipinski definition) is 4. The minimum absolute atomic E-state index is 0.273. The van der Waals surface area contributed by atoms with Crippen LogP contribution in [-0.4, -0.2) is 4.98 Å². The highest BCUT2D eigenvalue weighted by molar-refractivity contribution is 7.25. The van der Waals surface area contributed by atoms with Crippen LogP contribution in [0.2, 0.25) is 0 Å². The summed E-state index contributed by atoms with van der Waals surface area (Å²) in [6.45, 7) is 4.31. The molecule has 6 heteroatoms. The van der Waals surface area contributed by atoms with Gasteiger partial charge in [0.1, 0.15) is 6.61 Å². The molecule has 26 heavy (non-hydrogen) atoms. The summed E-state index contributed by atoms with van der Waals surface area (Å²) in [5.74, 6) is 6.31. The Morgan fingerprint density at radius 2 is 1.77 bits per heavy atom. The van der Waals surface area contributed by atoms with Gasteiger partial charge in [-0.05, 0) is 31.5 Å². The number of aryl methyl sites for hydroxylation is 2. The lowest BCUT2D eigenvalue weighted by Gasteiger charge is -2.17. The maximum atomic E-state index is 11.1. The van der Waals surface area contributed by atoms with Gasteiger partial charge < -0.3 is 4.74 Å². The van der Waals surface area contributed by atoms with E-state index in [1.807, 2.05) is 55.5 Å². The number of nitrogens with two attached hydrogens (primary N) is 1. The van der Waals surface area contributed by atoms with Gasteiger partial charge in [0.2, 0.25) is 5.88 Å². The second kappa shape index (κ2) is 8.09. The zero-order chi connectivity index (χ0) is 18.5. The van der Waals surface area contributed by atoms with Crippen molar-refractivity contribution in [2.24, 2.45) is 5.84 Å². The maximum absolute atomic E-state index is 11.1. The maximum Gasteiger partial charge on any atom is 0.297 e. The van der Waals surface area contributed by atoms with Crippen molar-refractivity contribution in [2.45, 2.75) is 20.5 Å². The predicted octanol–water partition coefficient (Wildman–Crippen LogP) is 4.83. The first kappa shape index (κ1) is 18.1. The third kappa shape index (κ3) is 4.07. The average molecular weight is 365 g/mol. The van der Waals surface area contributed by atoms with Gasteiger partial charge in [-0.1, -0.05) is 48.0 Å². The van der Waals surface area contributed by atoms with Crippen LogP contribution >= 0.6 is 8.61 Å². The molecule has 0 aliphatic heterocycles. The Morgan fingerprint density at radius 3 is 2.50 bits per heavy atom. The van der Waals surface area contributed by atoms with E-state index in [1.54, 1.807) is 0 Å². The lowest BCUT2D eigenvalue weighted by Crippen LogP contribution is -2.21. The smallest absolute Gasteiger partial charge is 0.297 e. The highest BCUT2D eigenvalue weighted by Crippen LogP contribution is 2.27. The summed E-state index contributed by atoms with van der Waals surface area (Å²) in [4.78, 5) is 4.58. The van der Waals surface area contributed by atoms with Crippen LogP contribution in [0.15, 0.2) is 60.7 Å². The number of hydrazine groups is 1. The number of nitrogens with zero attached hydrogens (tertiary/aromatic N) is 2. The molecule has 0 radical (unpaired) electrons. The summed E-state index contributed by atoms with van der Waals surface area (Å²) in [6.07, 6.45) is 0. The first-order valence-electron chi connectivity index (χ1n) is 8.22. The lowest BCUT2D eigenvalue weighted by molar-refractivity contribution is 0.294. The molecule has 0 saturated heterocycles. The van der Waals surface area contributed by atoms with Gasteiger partial charge >= 0.3 is 0 Å². The van der Waals surface area contributed by atoms with E-state index in [9.17, 15) is 4.57 Å². The summed E-state index contributed by atoms with van der Waals surface area (Å²) >= 11 is 0. The van der Waals surface area contributed by atoms with Crippen molar-refractivity contribution < 1.29 is 9.30 Å². The van der Waals surface area contributed by atoms with E-state index in [2.05, 4.69) is 24.0 Å². The monoisotopic (exact) mass is 365 g/mol. The Kier molecular flexibility index (Phi) is 5.61. The van der Waals surface area contributed by atoms with E-state index in [4.69, 9.17) is 10.6 Å². The van der Waals surface area contributed by atoms with Crippen LogP contribution in [-0.2, 0) is 11.2 Å². The number of anilines is 1. The highest BCUT2D eigenvalue weighted by Gasteiger charge is 2.12. The van der Waals surface area contributed by atoms with Crippen LogP contribution in [0.25, 0.3) is 11.3 Å². The standard InChI is InChI=1S/C20H20N3O2P/c1-14-9-11-16(12-10-14)18-6-4-8-20(22-18)25-13-17-15(2)5-3-7-19(17)23(21)26-24/h3-12H,13,21H2,1-2H3. The molecule has 3 rings (SSSR count). The van der Waals surface area contributed by atoms with E-state index in [0.717, 1.165) is 27.2 Å². The van der Waals surface area contributed by atoms with Gasteiger partial charge in [-0.15, -0.1) is 0 Å². The van der Waals surface area contributed by atoms with Crippen LogP contribution in [0.4, 0.5) is 5.69 Å². The molecule has 0 unspecified atom stereocenters. The minimum Gasteiger partial charge on any atom is -0.473 e. The molecule has 0 atom stereocenters. The van der Waals surface area contributed by atoms with Crippen molar-refractivity contribution in [2.75, 3.05) is 4.78 Å². The third-order valence-corrected chi connectivity index (χ3v) is 4.55. The van der Waals surface area contributed by atoms with E-state index >= 15 is 0 Å². The van der Waals surface area contributed by atoms with E-state index < -0.39 is 0 Å². The second-order valence-electron chi connectivity index (χ2n) is 6.01. The molecule has 3 aromatic rings. The largest absolute Gasteiger partial charge is 0.473 e. The van der Waals surface area contributed by atoms with Gasteiger partial charge in [0.25, 0.3) is 8.61 Å². The molecule has 1 aromatic heterocycles. The Labute approximate surface area is 154 Å². The zero-order valence-electron chi connectivity index (χ0n) is 14.7. The van der Waals surface area contributed by atoms with E-state index in [-0.39, 0.29) is 15.2 Å². The number of hydrogen-bond donors (Lipinski definition) is 1. The molecule has 1 heterocycles. The number of rotatable bonds is 6. The van der Waals surface area contributed by atoms with E-state index in [1.165, 1.54) is 5.56 Å². The Bertz CT molecular complexity index is 913. The van der Waals surface area contributed by atoms with Crippen molar-refractivity contribution >= 4 is 14.3 Å². The Balaban J connectivity index is 1.82. The van der Waals surface area contributed by atoms with Gasteiger partial charge in [0.15, 0.2) is 0 Å². The normalized spacial score (nSPS) is 10.7. The predicted molar refractivity (Wildman–Crippen MR) is 104 cm³/mol. The average Bonchev–Trinajstić information content (AvgIpc) is 2.67. The van der Waals surface area contributed by atoms with Crippen LogP contribution in [0.5, 0.6) is 5.88 Å². The fourth-order valence-corrected chi connectivity index (χ4v) is 2.93. The molecule has 0 spiro atoms. The Morgan fingerprint density at radius 1 is 1.04 bits per heavy atom.